The number of halogens is 3. The summed E-state index contributed by atoms with van der Waals surface area (Å²) in [6.45, 7) is 2.10. The molecule has 1 saturated heterocycles. The highest BCUT2D eigenvalue weighted by atomic mass is 35.5. The standard InChI is InChI=1S/C16H18N6.3ClH/c1-2-13(10-18-7-1)20-15-3-4-16-19-11-14(22(16)21-15)12-5-8-17-9-6-12;;;/h3-6,8-9,11,13,18H,1-2,7,10H2,(H,20,21);3*1H. The fraction of sp³-hybridized carbons (Fsp3) is 0.312. The number of fused-ring (bicyclic) bond motifs is 1. The van der Waals surface area contributed by atoms with Crippen molar-refractivity contribution in [3.05, 3.63) is 42.9 Å². The van der Waals surface area contributed by atoms with Crippen LogP contribution in [0.1, 0.15) is 12.8 Å². The van der Waals surface area contributed by atoms with Crippen molar-refractivity contribution in [2.24, 2.45) is 0 Å². The number of nitrogens with one attached hydrogen (secondary N) is 2. The molecule has 1 fully saturated rings. The predicted molar refractivity (Wildman–Crippen MR) is 107 cm³/mol. The topological polar surface area (TPSA) is 67.1 Å². The number of pyridine rings is 1. The van der Waals surface area contributed by atoms with Crippen LogP contribution in [0.5, 0.6) is 0 Å². The highest BCUT2D eigenvalue weighted by Gasteiger charge is 2.14. The number of anilines is 1. The summed E-state index contributed by atoms with van der Waals surface area (Å²) in [5, 5.41) is 11.6. The van der Waals surface area contributed by atoms with Gasteiger partial charge in [0.05, 0.1) is 11.9 Å². The first kappa shape index (κ1) is 21.4. The van der Waals surface area contributed by atoms with Gasteiger partial charge in [0, 0.05) is 30.5 Å². The zero-order valence-electron chi connectivity index (χ0n) is 13.5. The molecule has 9 heteroatoms. The zero-order valence-corrected chi connectivity index (χ0v) is 15.9. The van der Waals surface area contributed by atoms with Crippen molar-refractivity contribution in [1.82, 2.24) is 24.9 Å². The number of aromatic nitrogens is 4. The maximum atomic E-state index is 4.70. The molecule has 4 rings (SSSR count). The van der Waals surface area contributed by atoms with Gasteiger partial charge in [0.25, 0.3) is 0 Å². The Bertz CT molecular complexity index is 774. The van der Waals surface area contributed by atoms with E-state index in [-0.39, 0.29) is 37.2 Å². The molecule has 1 aliphatic heterocycles. The van der Waals surface area contributed by atoms with Crippen LogP contribution < -0.4 is 10.6 Å². The molecule has 0 aromatic carbocycles. The lowest BCUT2D eigenvalue weighted by Gasteiger charge is -2.24. The highest BCUT2D eigenvalue weighted by Crippen LogP contribution is 2.20. The molecule has 0 bridgehead atoms. The van der Waals surface area contributed by atoms with Crippen LogP contribution >= 0.6 is 37.2 Å². The van der Waals surface area contributed by atoms with Gasteiger partial charge in [-0.2, -0.15) is 0 Å². The van der Waals surface area contributed by atoms with Crippen molar-refractivity contribution in [1.29, 1.82) is 0 Å². The zero-order chi connectivity index (χ0) is 14.8. The molecule has 6 nitrogen and oxygen atoms in total. The third-order valence-electron chi connectivity index (χ3n) is 3.99. The van der Waals surface area contributed by atoms with Crippen molar-refractivity contribution in [2.45, 2.75) is 18.9 Å². The summed E-state index contributed by atoms with van der Waals surface area (Å²) in [7, 11) is 0. The Hall–Kier alpha value is -1.60. The second kappa shape index (κ2) is 9.77. The van der Waals surface area contributed by atoms with Crippen LogP contribution in [0, 0.1) is 0 Å². The third-order valence-corrected chi connectivity index (χ3v) is 3.99. The lowest BCUT2D eigenvalue weighted by Crippen LogP contribution is -2.38. The molecule has 0 saturated carbocycles. The molecule has 3 aromatic heterocycles. The summed E-state index contributed by atoms with van der Waals surface area (Å²) in [4.78, 5) is 8.48. The first-order chi connectivity index (χ1) is 10.9. The molecule has 2 N–H and O–H groups in total. The van der Waals surface area contributed by atoms with Crippen LogP contribution in [-0.2, 0) is 0 Å². The fourth-order valence-electron chi connectivity index (χ4n) is 2.85. The number of hydrogen-bond acceptors (Lipinski definition) is 5. The molecule has 1 atom stereocenters. The first-order valence-corrected chi connectivity index (χ1v) is 7.62. The molecular formula is C16H21Cl3N6. The Balaban J connectivity index is 0.00000104. The number of piperidine rings is 1. The van der Waals surface area contributed by atoms with Gasteiger partial charge in [-0.25, -0.2) is 9.50 Å². The van der Waals surface area contributed by atoms with Crippen LogP contribution in [-0.4, -0.2) is 38.7 Å². The molecule has 4 heterocycles. The molecule has 0 spiro atoms. The van der Waals surface area contributed by atoms with Crippen LogP contribution in [0.25, 0.3) is 16.9 Å². The fourth-order valence-corrected chi connectivity index (χ4v) is 2.85. The Labute approximate surface area is 165 Å². The summed E-state index contributed by atoms with van der Waals surface area (Å²) in [5.74, 6) is 0.884. The van der Waals surface area contributed by atoms with Gasteiger partial charge in [0.1, 0.15) is 5.82 Å². The van der Waals surface area contributed by atoms with E-state index in [1.807, 2.05) is 35.0 Å². The Kier molecular flexibility index (Phi) is 8.38. The molecule has 3 aromatic rings. The van der Waals surface area contributed by atoms with E-state index in [4.69, 9.17) is 5.10 Å². The third kappa shape index (κ3) is 4.73. The minimum absolute atomic E-state index is 0. The highest BCUT2D eigenvalue weighted by molar-refractivity contribution is 5.86. The van der Waals surface area contributed by atoms with Crippen LogP contribution in [0.4, 0.5) is 5.82 Å². The molecule has 25 heavy (non-hydrogen) atoms. The van der Waals surface area contributed by atoms with E-state index in [2.05, 4.69) is 20.6 Å². The molecular weight excluding hydrogens is 383 g/mol. The Morgan fingerprint density at radius 2 is 1.88 bits per heavy atom. The molecule has 1 aliphatic rings. The number of rotatable bonds is 3. The molecule has 1 unspecified atom stereocenters. The minimum Gasteiger partial charge on any atom is -0.365 e. The number of imidazole rings is 1. The maximum absolute atomic E-state index is 4.70. The van der Waals surface area contributed by atoms with Gasteiger partial charge < -0.3 is 10.6 Å². The van der Waals surface area contributed by atoms with Gasteiger partial charge in [-0.3, -0.25) is 4.98 Å². The SMILES string of the molecule is Cl.Cl.Cl.c1cc(-c2cnc3ccc(NC4CCCNC4)nn23)ccn1. The van der Waals surface area contributed by atoms with Crippen molar-refractivity contribution < 1.29 is 0 Å². The van der Waals surface area contributed by atoms with Gasteiger partial charge in [0.15, 0.2) is 5.65 Å². The second-order valence-electron chi connectivity index (χ2n) is 5.56. The summed E-state index contributed by atoms with van der Waals surface area (Å²) >= 11 is 0. The van der Waals surface area contributed by atoms with Crippen molar-refractivity contribution in [2.75, 3.05) is 18.4 Å². The van der Waals surface area contributed by atoms with E-state index in [0.717, 1.165) is 35.8 Å². The molecule has 0 amide bonds. The molecule has 0 aliphatic carbocycles. The summed E-state index contributed by atoms with van der Waals surface area (Å²) in [6.07, 6.45) is 7.79. The van der Waals surface area contributed by atoms with E-state index in [9.17, 15) is 0 Å². The van der Waals surface area contributed by atoms with Gasteiger partial charge >= 0.3 is 0 Å². The lowest BCUT2D eigenvalue weighted by molar-refractivity contribution is 0.478. The normalized spacial score (nSPS) is 16.2. The Morgan fingerprint density at radius 3 is 2.60 bits per heavy atom. The quantitative estimate of drug-likeness (QED) is 0.703. The van der Waals surface area contributed by atoms with Gasteiger partial charge in [0.2, 0.25) is 0 Å². The second-order valence-corrected chi connectivity index (χ2v) is 5.56. The molecule has 136 valence electrons. The maximum Gasteiger partial charge on any atom is 0.154 e. The van der Waals surface area contributed by atoms with Crippen LogP contribution in [0.3, 0.4) is 0 Å². The number of hydrogen-bond donors (Lipinski definition) is 2. The van der Waals surface area contributed by atoms with Gasteiger partial charge in [-0.05, 0) is 43.7 Å². The summed E-state index contributed by atoms with van der Waals surface area (Å²) in [6, 6.07) is 8.36. The van der Waals surface area contributed by atoms with Crippen molar-refractivity contribution >= 4 is 48.7 Å². The largest absolute Gasteiger partial charge is 0.365 e. The van der Waals surface area contributed by atoms with Gasteiger partial charge in [-0.1, -0.05) is 0 Å². The average Bonchev–Trinajstić information content (AvgIpc) is 3.00. The van der Waals surface area contributed by atoms with Crippen molar-refractivity contribution in [3.8, 4) is 11.3 Å². The summed E-state index contributed by atoms with van der Waals surface area (Å²) in [5.41, 5.74) is 2.88. The van der Waals surface area contributed by atoms with E-state index in [1.165, 1.54) is 12.8 Å². The smallest absolute Gasteiger partial charge is 0.154 e. The van der Waals surface area contributed by atoms with Crippen LogP contribution in [0.15, 0.2) is 42.9 Å². The Morgan fingerprint density at radius 1 is 1.08 bits per heavy atom. The first-order valence-electron chi connectivity index (χ1n) is 7.62. The lowest BCUT2D eigenvalue weighted by atomic mass is 10.1. The van der Waals surface area contributed by atoms with Crippen LogP contribution in [0.2, 0.25) is 0 Å². The van der Waals surface area contributed by atoms with Gasteiger partial charge in [-0.15, -0.1) is 42.3 Å². The van der Waals surface area contributed by atoms with E-state index in [1.54, 1.807) is 12.4 Å². The predicted octanol–water partition coefficient (Wildman–Crippen LogP) is 3.22. The van der Waals surface area contributed by atoms with E-state index in [0.29, 0.717) is 6.04 Å². The van der Waals surface area contributed by atoms with E-state index >= 15 is 0 Å². The summed E-state index contributed by atoms with van der Waals surface area (Å²) < 4.78 is 1.88. The number of nitrogens with zero attached hydrogens (tertiary/aromatic N) is 4. The minimum atomic E-state index is 0. The molecule has 0 radical (unpaired) electrons. The van der Waals surface area contributed by atoms with Crippen molar-refractivity contribution in [3.63, 3.8) is 0 Å². The average molecular weight is 404 g/mol. The monoisotopic (exact) mass is 402 g/mol. The van der Waals surface area contributed by atoms with E-state index < -0.39 is 0 Å².